The van der Waals surface area contributed by atoms with Crippen molar-refractivity contribution in [1.29, 1.82) is 0 Å². The van der Waals surface area contributed by atoms with Crippen LogP contribution in [0, 0.1) is 0 Å². The van der Waals surface area contributed by atoms with Crippen molar-refractivity contribution >= 4 is 5.91 Å². The first-order chi connectivity index (χ1) is 8.19. The van der Waals surface area contributed by atoms with Crippen molar-refractivity contribution < 1.29 is 4.79 Å². The molecule has 0 saturated heterocycles. The van der Waals surface area contributed by atoms with E-state index in [1.54, 1.807) is 17.1 Å². The zero-order chi connectivity index (χ0) is 12.7. The van der Waals surface area contributed by atoms with Crippen LogP contribution in [-0.2, 0) is 11.3 Å². The number of hydrogen-bond acceptors (Lipinski definition) is 4. The number of aryl methyl sites for hydroxylation is 1. The number of carbonyl (C=O) groups is 1. The fraction of sp³-hybridized carbons (Fsp3) is 0.556. The van der Waals surface area contributed by atoms with Gasteiger partial charge in [-0.05, 0) is 12.5 Å². The van der Waals surface area contributed by atoms with Gasteiger partial charge in [0.25, 0.3) is 0 Å². The molecule has 1 aromatic heterocycles. The van der Waals surface area contributed by atoms with Gasteiger partial charge in [-0.1, -0.05) is 5.11 Å². The summed E-state index contributed by atoms with van der Waals surface area (Å²) in [5.41, 5.74) is 14.1. The van der Waals surface area contributed by atoms with Crippen LogP contribution in [0.4, 0.5) is 0 Å². The van der Waals surface area contributed by atoms with E-state index in [1.165, 1.54) is 0 Å². The second-order valence-corrected chi connectivity index (χ2v) is 3.37. The molecule has 0 spiro atoms. The summed E-state index contributed by atoms with van der Waals surface area (Å²) in [5, 5.41) is 10.3. The topological polar surface area (TPSA) is 122 Å². The summed E-state index contributed by atoms with van der Waals surface area (Å²) in [7, 11) is 0. The minimum Gasteiger partial charge on any atom is -0.368 e. The number of aromatic nitrogens is 2. The van der Waals surface area contributed by atoms with Crippen LogP contribution in [0.5, 0.6) is 0 Å². The Hall–Kier alpha value is -2.05. The molecular weight excluding hydrogens is 222 g/mol. The molecule has 8 nitrogen and oxygen atoms in total. The Morgan fingerprint density at radius 3 is 3.12 bits per heavy atom. The Balaban J connectivity index is 2.65. The summed E-state index contributed by atoms with van der Waals surface area (Å²) in [6, 6.07) is -0.607. The molecule has 1 unspecified atom stereocenters. The molecule has 0 radical (unpaired) electrons. The average molecular weight is 237 g/mol. The molecule has 0 aliphatic carbocycles. The highest BCUT2D eigenvalue weighted by molar-refractivity contribution is 5.81. The lowest BCUT2D eigenvalue weighted by Gasteiger charge is -2.12. The molecule has 0 aromatic carbocycles. The van der Waals surface area contributed by atoms with Gasteiger partial charge in [-0.25, -0.2) is 0 Å². The largest absolute Gasteiger partial charge is 0.368 e. The first kappa shape index (κ1) is 13.0. The highest BCUT2D eigenvalue weighted by Gasteiger charge is 2.18. The molecular formula is C9H15N7O. The van der Waals surface area contributed by atoms with Crippen molar-refractivity contribution in [3.63, 3.8) is 0 Å². The highest BCUT2D eigenvalue weighted by atomic mass is 16.1. The molecule has 0 bridgehead atoms. The van der Waals surface area contributed by atoms with Crippen molar-refractivity contribution in [3.8, 4) is 0 Å². The molecule has 8 heteroatoms. The normalized spacial score (nSPS) is 11.8. The quantitative estimate of drug-likeness (QED) is 0.307. The summed E-state index contributed by atoms with van der Waals surface area (Å²) in [6.45, 7) is 3.33. The standard InChI is InChI=1S/C9H15N7O/c1-2-16-6-7(5-14-16)8(9(10)17)12-3-4-13-15-11/h5-6,8,12H,2-4H2,1H3,(H2,10,17). The minimum absolute atomic E-state index is 0.266. The van der Waals surface area contributed by atoms with E-state index in [2.05, 4.69) is 20.4 Å². The fourth-order valence-electron chi connectivity index (χ4n) is 1.39. The lowest BCUT2D eigenvalue weighted by molar-refractivity contribution is -0.120. The molecule has 0 fully saturated rings. The number of nitrogens with one attached hydrogen (secondary N) is 1. The number of hydrogen-bond donors (Lipinski definition) is 2. The van der Waals surface area contributed by atoms with Gasteiger partial charge in [0.15, 0.2) is 0 Å². The Labute approximate surface area is 98.4 Å². The van der Waals surface area contributed by atoms with Gasteiger partial charge < -0.3 is 11.1 Å². The van der Waals surface area contributed by atoms with Gasteiger partial charge in [-0.3, -0.25) is 9.48 Å². The molecule has 1 amide bonds. The average Bonchev–Trinajstić information content (AvgIpc) is 2.77. The summed E-state index contributed by atoms with van der Waals surface area (Å²) < 4.78 is 1.71. The Bertz CT molecular complexity index is 421. The van der Waals surface area contributed by atoms with Crippen LogP contribution in [0.15, 0.2) is 17.5 Å². The Kier molecular flexibility index (Phi) is 4.99. The predicted molar refractivity (Wildman–Crippen MR) is 61.9 cm³/mol. The predicted octanol–water partition coefficient (Wildman–Crippen LogP) is 0.329. The van der Waals surface area contributed by atoms with Crippen LogP contribution in [0.25, 0.3) is 10.4 Å². The highest BCUT2D eigenvalue weighted by Crippen LogP contribution is 2.11. The number of azide groups is 1. The lowest BCUT2D eigenvalue weighted by atomic mass is 10.1. The summed E-state index contributed by atoms with van der Waals surface area (Å²) in [5.74, 6) is -0.485. The monoisotopic (exact) mass is 237 g/mol. The van der Waals surface area contributed by atoms with E-state index in [4.69, 9.17) is 11.3 Å². The number of amides is 1. The van der Waals surface area contributed by atoms with Crippen LogP contribution in [0.2, 0.25) is 0 Å². The van der Waals surface area contributed by atoms with Crippen LogP contribution in [0.3, 0.4) is 0 Å². The van der Waals surface area contributed by atoms with Gasteiger partial charge in [-0.15, -0.1) is 0 Å². The lowest BCUT2D eigenvalue weighted by Crippen LogP contribution is -2.34. The van der Waals surface area contributed by atoms with Gasteiger partial charge >= 0.3 is 0 Å². The van der Waals surface area contributed by atoms with E-state index < -0.39 is 11.9 Å². The Morgan fingerprint density at radius 1 is 1.82 bits per heavy atom. The third-order valence-electron chi connectivity index (χ3n) is 2.22. The minimum atomic E-state index is -0.607. The van der Waals surface area contributed by atoms with Crippen molar-refractivity contribution in [3.05, 3.63) is 28.4 Å². The van der Waals surface area contributed by atoms with Crippen LogP contribution < -0.4 is 11.1 Å². The van der Waals surface area contributed by atoms with Crippen LogP contribution in [0.1, 0.15) is 18.5 Å². The second kappa shape index (κ2) is 6.51. The van der Waals surface area contributed by atoms with E-state index in [9.17, 15) is 4.79 Å². The van der Waals surface area contributed by atoms with Crippen molar-refractivity contribution in [2.75, 3.05) is 13.1 Å². The van der Waals surface area contributed by atoms with E-state index in [0.29, 0.717) is 12.1 Å². The maximum atomic E-state index is 11.3. The fourth-order valence-corrected chi connectivity index (χ4v) is 1.39. The third kappa shape index (κ3) is 3.78. The van der Waals surface area contributed by atoms with Gasteiger partial charge in [0.05, 0.1) is 6.20 Å². The maximum Gasteiger partial charge on any atom is 0.239 e. The third-order valence-corrected chi connectivity index (χ3v) is 2.22. The van der Waals surface area contributed by atoms with E-state index in [-0.39, 0.29) is 6.54 Å². The molecule has 1 aromatic rings. The first-order valence-corrected chi connectivity index (χ1v) is 5.25. The van der Waals surface area contributed by atoms with Crippen molar-refractivity contribution in [1.82, 2.24) is 15.1 Å². The van der Waals surface area contributed by atoms with E-state index >= 15 is 0 Å². The van der Waals surface area contributed by atoms with Crippen molar-refractivity contribution in [2.45, 2.75) is 19.5 Å². The van der Waals surface area contributed by atoms with Gasteiger partial charge in [0.2, 0.25) is 5.91 Å². The maximum absolute atomic E-state index is 11.3. The van der Waals surface area contributed by atoms with Gasteiger partial charge in [0, 0.05) is 36.3 Å². The number of nitrogens with two attached hydrogens (primary N) is 1. The molecule has 0 aliphatic rings. The molecule has 1 heterocycles. The van der Waals surface area contributed by atoms with Crippen molar-refractivity contribution in [2.24, 2.45) is 10.8 Å². The molecule has 92 valence electrons. The number of carbonyl (C=O) groups excluding carboxylic acids is 1. The molecule has 3 N–H and O–H groups in total. The second-order valence-electron chi connectivity index (χ2n) is 3.37. The van der Waals surface area contributed by atoms with Crippen LogP contribution in [-0.4, -0.2) is 28.8 Å². The smallest absolute Gasteiger partial charge is 0.239 e. The van der Waals surface area contributed by atoms with Crippen LogP contribution >= 0.6 is 0 Å². The molecule has 1 rings (SSSR count). The van der Waals surface area contributed by atoms with E-state index in [1.807, 2.05) is 6.92 Å². The molecule has 0 aliphatic heterocycles. The SMILES string of the molecule is CCn1cc(C(NCCN=[N+]=[N-])C(N)=O)cn1. The number of nitrogens with zero attached hydrogens (tertiary/aromatic N) is 5. The summed E-state index contributed by atoms with van der Waals surface area (Å²) >= 11 is 0. The van der Waals surface area contributed by atoms with E-state index in [0.717, 1.165) is 6.54 Å². The number of rotatable bonds is 7. The zero-order valence-corrected chi connectivity index (χ0v) is 9.58. The Morgan fingerprint density at radius 2 is 2.59 bits per heavy atom. The van der Waals surface area contributed by atoms with Gasteiger partial charge in [-0.2, -0.15) is 5.10 Å². The molecule has 1 atom stereocenters. The summed E-state index contributed by atoms with van der Waals surface area (Å²) in [4.78, 5) is 13.9. The van der Waals surface area contributed by atoms with Gasteiger partial charge in [0.1, 0.15) is 6.04 Å². The molecule has 0 saturated carbocycles. The zero-order valence-electron chi connectivity index (χ0n) is 9.58. The molecule has 17 heavy (non-hydrogen) atoms. The number of primary amides is 1. The summed E-state index contributed by atoms with van der Waals surface area (Å²) in [6.07, 6.45) is 3.36. The first-order valence-electron chi connectivity index (χ1n) is 5.25.